The number of halogens is 3. The van der Waals surface area contributed by atoms with Crippen LogP contribution in [0.5, 0.6) is 0 Å². The summed E-state index contributed by atoms with van der Waals surface area (Å²) in [6.07, 6.45) is 2.52. The highest BCUT2D eigenvalue weighted by Gasteiger charge is 2.47. The van der Waals surface area contributed by atoms with Crippen molar-refractivity contribution in [3.63, 3.8) is 0 Å². The molecule has 3 rings (SSSR count). The van der Waals surface area contributed by atoms with Crippen LogP contribution in [0.4, 0.5) is 8.78 Å². The van der Waals surface area contributed by atoms with Crippen molar-refractivity contribution < 1.29 is 13.6 Å². The number of carbonyl (C=O) groups is 1. The number of carbonyl (C=O) groups excluding carboxylic acids is 1. The zero-order valence-electron chi connectivity index (χ0n) is 12.5. The maximum absolute atomic E-state index is 13.8. The first-order chi connectivity index (χ1) is 10.1. The Morgan fingerprint density at radius 3 is 2.64 bits per heavy atom. The first-order valence-electron chi connectivity index (χ1n) is 7.50. The van der Waals surface area contributed by atoms with Crippen LogP contribution in [0.3, 0.4) is 0 Å². The van der Waals surface area contributed by atoms with Crippen LogP contribution in [0.1, 0.15) is 30.7 Å². The fourth-order valence-electron chi connectivity index (χ4n) is 3.25. The molecule has 2 aliphatic rings. The van der Waals surface area contributed by atoms with E-state index in [2.05, 4.69) is 5.32 Å². The Balaban J connectivity index is 0.00000176. The van der Waals surface area contributed by atoms with Gasteiger partial charge in [-0.25, -0.2) is 8.78 Å². The summed E-state index contributed by atoms with van der Waals surface area (Å²) in [5.41, 5.74) is 0.340. The molecule has 1 N–H and O–H groups in total. The lowest BCUT2D eigenvalue weighted by Gasteiger charge is -2.32. The highest BCUT2D eigenvalue weighted by molar-refractivity contribution is 5.85. The van der Waals surface area contributed by atoms with Crippen LogP contribution < -0.4 is 5.32 Å². The zero-order chi connectivity index (χ0) is 15.0. The first kappa shape index (κ1) is 17.2. The highest BCUT2D eigenvalue weighted by Crippen LogP contribution is 2.49. The predicted octanol–water partition coefficient (Wildman–Crippen LogP) is 2.70. The molecule has 3 nitrogen and oxygen atoms in total. The van der Waals surface area contributed by atoms with E-state index >= 15 is 0 Å². The number of hydrogen-bond acceptors (Lipinski definition) is 2. The molecule has 1 heterocycles. The first-order valence-corrected chi connectivity index (χ1v) is 7.50. The van der Waals surface area contributed by atoms with Gasteiger partial charge >= 0.3 is 0 Å². The smallest absolute Gasteiger partial charge is 0.226 e. The van der Waals surface area contributed by atoms with E-state index < -0.39 is 11.6 Å². The van der Waals surface area contributed by atoms with Crippen molar-refractivity contribution in [2.24, 2.45) is 5.92 Å². The second kappa shape index (κ2) is 6.92. The summed E-state index contributed by atoms with van der Waals surface area (Å²) < 4.78 is 27.0. The minimum absolute atomic E-state index is 0. The van der Waals surface area contributed by atoms with Crippen molar-refractivity contribution in [1.29, 1.82) is 0 Å². The van der Waals surface area contributed by atoms with Gasteiger partial charge in [0.05, 0.1) is 0 Å². The van der Waals surface area contributed by atoms with Crippen LogP contribution in [0.2, 0.25) is 0 Å². The summed E-state index contributed by atoms with van der Waals surface area (Å²) in [6.45, 7) is 1.85. The van der Waals surface area contributed by atoms with E-state index in [0.717, 1.165) is 38.1 Å². The number of benzene rings is 1. The molecule has 22 heavy (non-hydrogen) atoms. The molecule has 2 unspecified atom stereocenters. The molecule has 1 saturated carbocycles. The van der Waals surface area contributed by atoms with Crippen LogP contribution in [0, 0.1) is 17.6 Å². The minimum Gasteiger partial charge on any atom is -0.342 e. The third kappa shape index (κ3) is 3.41. The summed E-state index contributed by atoms with van der Waals surface area (Å²) in [5.74, 6) is -1.16. The fourth-order valence-corrected chi connectivity index (χ4v) is 3.25. The molecule has 1 aromatic carbocycles. The Morgan fingerprint density at radius 1 is 1.27 bits per heavy atom. The quantitative estimate of drug-likeness (QED) is 0.924. The number of nitrogens with zero attached hydrogens (tertiary/aromatic N) is 1. The number of hydrogen-bond donors (Lipinski definition) is 1. The molecule has 1 aromatic rings. The zero-order valence-corrected chi connectivity index (χ0v) is 13.3. The summed E-state index contributed by atoms with van der Waals surface area (Å²) in [4.78, 5) is 14.3. The van der Waals surface area contributed by atoms with Gasteiger partial charge in [0, 0.05) is 19.0 Å². The molecule has 1 aliphatic carbocycles. The Labute approximate surface area is 135 Å². The lowest BCUT2D eigenvalue weighted by Crippen LogP contribution is -2.44. The molecule has 0 aromatic heterocycles. The van der Waals surface area contributed by atoms with E-state index in [-0.39, 0.29) is 36.2 Å². The maximum Gasteiger partial charge on any atom is 0.226 e. The van der Waals surface area contributed by atoms with E-state index in [1.54, 1.807) is 0 Å². The lowest BCUT2D eigenvalue weighted by molar-refractivity contribution is -0.133. The summed E-state index contributed by atoms with van der Waals surface area (Å²) in [6, 6.07) is 3.73. The molecular formula is C16H21ClF2N2O. The van der Waals surface area contributed by atoms with Gasteiger partial charge < -0.3 is 10.2 Å². The average molecular weight is 331 g/mol. The van der Waals surface area contributed by atoms with Gasteiger partial charge in [0.25, 0.3) is 0 Å². The van der Waals surface area contributed by atoms with Crippen LogP contribution in [-0.2, 0) is 4.79 Å². The number of piperidine rings is 1. The van der Waals surface area contributed by atoms with Crippen LogP contribution in [-0.4, -0.2) is 37.0 Å². The Hall–Kier alpha value is -1.20. The van der Waals surface area contributed by atoms with Gasteiger partial charge in [-0.2, -0.15) is 0 Å². The molecule has 0 radical (unpaired) electrons. The van der Waals surface area contributed by atoms with E-state index in [1.807, 2.05) is 11.9 Å². The third-order valence-electron chi connectivity index (χ3n) is 4.67. The summed E-state index contributed by atoms with van der Waals surface area (Å²) >= 11 is 0. The normalized spacial score (nSPS) is 24.5. The maximum atomic E-state index is 13.8. The molecule has 1 aliphatic heterocycles. The van der Waals surface area contributed by atoms with Gasteiger partial charge in [-0.05, 0) is 62.0 Å². The predicted molar refractivity (Wildman–Crippen MR) is 83.1 cm³/mol. The molecule has 0 bridgehead atoms. The van der Waals surface area contributed by atoms with Crippen LogP contribution in [0.15, 0.2) is 18.2 Å². The summed E-state index contributed by atoms with van der Waals surface area (Å²) in [7, 11) is 1.83. The van der Waals surface area contributed by atoms with E-state index in [1.165, 1.54) is 6.07 Å². The fraction of sp³-hybridized carbons (Fsp3) is 0.562. The van der Waals surface area contributed by atoms with Gasteiger partial charge in [-0.15, -0.1) is 12.4 Å². The number of amides is 1. The number of nitrogens with one attached hydrogen (secondary N) is 1. The Morgan fingerprint density at radius 2 is 1.95 bits per heavy atom. The molecular weight excluding hydrogens is 310 g/mol. The van der Waals surface area contributed by atoms with Crippen molar-refractivity contribution in [3.8, 4) is 0 Å². The molecule has 1 amide bonds. The third-order valence-corrected chi connectivity index (χ3v) is 4.67. The molecule has 1 saturated heterocycles. The van der Waals surface area contributed by atoms with Crippen LogP contribution in [0.25, 0.3) is 0 Å². The van der Waals surface area contributed by atoms with Gasteiger partial charge in [0.1, 0.15) is 11.6 Å². The standard InChI is InChI=1S/C16H20F2N2O.ClH/c1-20(11-4-6-19-7-5-11)16(21)14-9-12(14)13-8-10(17)2-3-15(13)18;/h2-3,8,11-12,14,19H,4-7,9H2,1H3;1H. The Kier molecular flexibility index (Phi) is 5.40. The van der Waals surface area contributed by atoms with Gasteiger partial charge in [-0.3, -0.25) is 4.79 Å². The Bertz CT molecular complexity index is 549. The second-order valence-electron chi connectivity index (χ2n) is 6.04. The van der Waals surface area contributed by atoms with Gasteiger partial charge in [0.15, 0.2) is 0 Å². The molecule has 0 spiro atoms. The van der Waals surface area contributed by atoms with Gasteiger partial charge in [0.2, 0.25) is 5.91 Å². The van der Waals surface area contributed by atoms with Crippen molar-refractivity contribution in [3.05, 3.63) is 35.4 Å². The van der Waals surface area contributed by atoms with Gasteiger partial charge in [-0.1, -0.05) is 0 Å². The minimum atomic E-state index is -0.448. The molecule has 2 atom stereocenters. The van der Waals surface area contributed by atoms with Crippen molar-refractivity contribution >= 4 is 18.3 Å². The SMILES string of the molecule is CN(C(=O)C1CC1c1cc(F)ccc1F)C1CCNCC1.Cl. The van der Waals surface area contributed by atoms with Crippen LogP contribution >= 0.6 is 12.4 Å². The lowest BCUT2D eigenvalue weighted by atomic mass is 10.0. The topological polar surface area (TPSA) is 32.3 Å². The monoisotopic (exact) mass is 330 g/mol. The van der Waals surface area contributed by atoms with Crippen molar-refractivity contribution in [2.75, 3.05) is 20.1 Å². The van der Waals surface area contributed by atoms with Crippen molar-refractivity contribution in [2.45, 2.75) is 31.2 Å². The largest absolute Gasteiger partial charge is 0.342 e. The summed E-state index contributed by atoms with van der Waals surface area (Å²) in [5, 5.41) is 3.27. The van der Waals surface area contributed by atoms with Crippen molar-refractivity contribution in [1.82, 2.24) is 10.2 Å². The molecule has 122 valence electrons. The highest BCUT2D eigenvalue weighted by atomic mass is 35.5. The molecule has 2 fully saturated rings. The average Bonchev–Trinajstić information content (AvgIpc) is 3.29. The second-order valence-corrected chi connectivity index (χ2v) is 6.04. The molecule has 6 heteroatoms. The van der Waals surface area contributed by atoms with E-state index in [4.69, 9.17) is 0 Å². The van der Waals surface area contributed by atoms with E-state index in [9.17, 15) is 13.6 Å². The van der Waals surface area contributed by atoms with E-state index in [0.29, 0.717) is 12.0 Å². The number of rotatable bonds is 3.